The fraction of sp³-hybridized carbons (Fsp3) is 0.680. The first-order valence-corrected chi connectivity index (χ1v) is 11.3. The van der Waals surface area contributed by atoms with Crippen LogP contribution in [0.1, 0.15) is 61.3 Å². The first-order valence-electron chi connectivity index (χ1n) is 11.3. The van der Waals surface area contributed by atoms with Crippen molar-refractivity contribution < 1.29 is 39.1 Å². The molecule has 8 nitrogen and oxygen atoms in total. The maximum absolute atomic E-state index is 12.3. The highest BCUT2D eigenvalue weighted by Crippen LogP contribution is 2.52. The average Bonchev–Trinajstić information content (AvgIpc) is 3.43. The van der Waals surface area contributed by atoms with E-state index in [4.69, 9.17) is 14.2 Å². The molecule has 1 saturated heterocycles. The maximum Gasteiger partial charge on any atom is 0.333 e. The molecule has 0 spiro atoms. The quantitative estimate of drug-likeness (QED) is 0.205. The summed E-state index contributed by atoms with van der Waals surface area (Å²) in [6, 6.07) is 0. The van der Waals surface area contributed by atoms with Crippen LogP contribution in [-0.4, -0.2) is 69.0 Å². The van der Waals surface area contributed by atoms with Crippen LogP contribution in [0.25, 0.3) is 0 Å². The smallest absolute Gasteiger partial charge is 0.333 e. The van der Waals surface area contributed by atoms with Gasteiger partial charge in [-0.3, -0.25) is 0 Å². The predicted octanol–water partition coefficient (Wildman–Crippen LogP) is 2.36. The van der Waals surface area contributed by atoms with Gasteiger partial charge >= 0.3 is 11.9 Å². The van der Waals surface area contributed by atoms with Gasteiger partial charge in [-0.2, -0.15) is 0 Å². The molecule has 7 atom stereocenters. The molecule has 0 aromatic carbocycles. The number of epoxide rings is 1. The van der Waals surface area contributed by atoms with Crippen LogP contribution in [0.2, 0.25) is 0 Å². The number of carbonyl (C=O) groups is 2. The number of hydrogen-bond acceptors (Lipinski definition) is 8. The number of hydrogen-bond donors (Lipinski definition) is 3. The predicted molar refractivity (Wildman–Crippen MR) is 122 cm³/mol. The molecular formula is C25H38O8. The lowest BCUT2D eigenvalue weighted by Crippen LogP contribution is -2.52. The molecular weight excluding hydrogens is 428 g/mol. The number of aliphatic hydroxyl groups excluding tert-OH is 2. The van der Waals surface area contributed by atoms with Crippen molar-refractivity contribution in [3.8, 4) is 0 Å². The Bertz CT molecular complexity index is 836. The van der Waals surface area contributed by atoms with Crippen molar-refractivity contribution in [2.24, 2.45) is 5.92 Å². The molecule has 2 fully saturated rings. The van der Waals surface area contributed by atoms with Crippen molar-refractivity contribution in [3.63, 3.8) is 0 Å². The Morgan fingerprint density at radius 3 is 2.27 bits per heavy atom. The van der Waals surface area contributed by atoms with E-state index < -0.39 is 53.5 Å². The van der Waals surface area contributed by atoms with Crippen LogP contribution in [0, 0.1) is 5.92 Å². The van der Waals surface area contributed by atoms with Gasteiger partial charge in [-0.1, -0.05) is 18.7 Å². The van der Waals surface area contributed by atoms with Gasteiger partial charge in [0.25, 0.3) is 0 Å². The number of aliphatic hydroxyl groups is 3. The number of esters is 2. The third-order valence-electron chi connectivity index (χ3n) is 6.86. The summed E-state index contributed by atoms with van der Waals surface area (Å²) >= 11 is 0. The van der Waals surface area contributed by atoms with E-state index in [1.54, 1.807) is 46.8 Å². The molecule has 1 saturated carbocycles. The Morgan fingerprint density at radius 1 is 1.21 bits per heavy atom. The van der Waals surface area contributed by atoms with E-state index in [1.165, 1.54) is 13.8 Å². The van der Waals surface area contributed by atoms with E-state index in [-0.39, 0.29) is 12.5 Å². The topological polar surface area (TPSA) is 126 Å². The van der Waals surface area contributed by atoms with Gasteiger partial charge in [0.1, 0.15) is 17.8 Å². The van der Waals surface area contributed by atoms with Crippen molar-refractivity contribution in [3.05, 3.63) is 35.5 Å². The molecule has 0 amide bonds. The molecule has 8 heteroatoms. The van der Waals surface area contributed by atoms with Gasteiger partial charge in [-0.25, -0.2) is 9.59 Å². The molecule has 0 bridgehead atoms. The first-order chi connectivity index (χ1) is 15.2. The zero-order valence-corrected chi connectivity index (χ0v) is 20.6. The molecule has 2 aliphatic rings. The van der Waals surface area contributed by atoms with Gasteiger partial charge in [-0.05, 0) is 60.5 Å². The monoisotopic (exact) mass is 466 g/mol. The standard InChI is InChI=1S/C25H38O8/c1-9-13(3)22(28)31-18(24(6,7)30)12-17(26)15(5)16-11-19-25(8,33-19)21(20(16)27)32-23(29)14(4)10-2/h9-10,16-21,26-27,30H,5,11-12H2,1-4,6-8H3/b13-9-,14-10-/t16-,17+,18+,19-,20+,21+,25-/m0/s1. The lowest BCUT2D eigenvalue weighted by atomic mass is 9.73. The van der Waals surface area contributed by atoms with Gasteiger partial charge < -0.3 is 29.5 Å². The summed E-state index contributed by atoms with van der Waals surface area (Å²) in [7, 11) is 0. The molecule has 1 aliphatic carbocycles. The molecule has 33 heavy (non-hydrogen) atoms. The number of carbonyl (C=O) groups excluding carboxylic acids is 2. The van der Waals surface area contributed by atoms with Crippen molar-refractivity contribution >= 4 is 11.9 Å². The Kier molecular flexibility index (Phi) is 8.33. The Labute approximate surface area is 195 Å². The molecule has 1 heterocycles. The molecule has 0 unspecified atom stereocenters. The van der Waals surface area contributed by atoms with E-state index >= 15 is 0 Å². The number of allylic oxidation sites excluding steroid dienone is 2. The second kappa shape index (κ2) is 10.1. The van der Waals surface area contributed by atoms with Gasteiger partial charge in [0.15, 0.2) is 6.10 Å². The lowest BCUT2D eigenvalue weighted by molar-refractivity contribution is -0.161. The summed E-state index contributed by atoms with van der Waals surface area (Å²) in [5.74, 6) is -1.74. The summed E-state index contributed by atoms with van der Waals surface area (Å²) in [5, 5.41) is 32.5. The second-order valence-corrected chi connectivity index (χ2v) is 9.77. The van der Waals surface area contributed by atoms with Gasteiger partial charge in [-0.15, -0.1) is 0 Å². The van der Waals surface area contributed by atoms with Crippen molar-refractivity contribution in [1.29, 1.82) is 0 Å². The zero-order valence-electron chi connectivity index (χ0n) is 20.6. The minimum atomic E-state index is -1.42. The minimum Gasteiger partial charge on any atom is -0.456 e. The van der Waals surface area contributed by atoms with Gasteiger partial charge in [0, 0.05) is 23.5 Å². The van der Waals surface area contributed by atoms with Crippen LogP contribution in [-0.2, 0) is 23.8 Å². The SMILES string of the molecule is C=C([C@H](O)C[C@@H](OC(=O)/C(C)=C\C)C(C)(C)O)[C@@H]1C[C@@H]2O[C@]2(C)[C@H](OC(=O)/C(C)=C\C)[C@@H]1O. The largest absolute Gasteiger partial charge is 0.456 e. The Morgan fingerprint density at radius 2 is 1.76 bits per heavy atom. The average molecular weight is 467 g/mol. The third kappa shape index (κ3) is 5.93. The van der Waals surface area contributed by atoms with Crippen LogP contribution in [0.4, 0.5) is 0 Å². The van der Waals surface area contributed by atoms with Crippen molar-refractivity contribution in [1.82, 2.24) is 0 Å². The number of rotatable bonds is 9. The molecule has 1 aliphatic heterocycles. The van der Waals surface area contributed by atoms with Crippen LogP contribution in [0.3, 0.4) is 0 Å². The van der Waals surface area contributed by atoms with Crippen LogP contribution in [0.15, 0.2) is 35.5 Å². The summed E-state index contributed by atoms with van der Waals surface area (Å²) in [5.41, 5.74) is -1.12. The summed E-state index contributed by atoms with van der Waals surface area (Å²) in [4.78, 5) is 24.6. The molecule has 0 radical (unpaired) electrons. The van der Waals surface area contributed by atoms with Gasteiger partial charge in [0.2, 0.25) is 0 Å². The van der Waals surface area contributed by atoms with E-state index in [0.29, 0.717) is 23.1 Å². The van der Waals surface area contributed by atoms with E-state index in [1.807, 2.05) is 0 Å². The second-order valence-electron chi connectivity index (χ2n) is 9.77. The lowest BCUT2D eigenvalue weighted by Gasteiger charge is -2.38. The summed E-state index contributed by atoms with van der Waals surface area (Å²) < 4.78 is 16.8. The molecule has 3 N–H and O–H groups in total. The van der Waals surface area contributed by atoms with Crippen molar-refractivity contribution in [2.45, 2.75) is 103 Å². The summed E-state index contributed by atoms with van der Waals surface area (Å²) in [6.07, 6.45) is -1.00. The fourth-order valence-electron chi connectivity index (χ4n) is 4.03. The van der Waals surface area contributed by atoms with Gasteiger partial charge in [0.05, 0.1) is 17.8 Å². The maximum atomic E-state index is 12.3. The highest BCUT2D eigenvalue weighted by atomic mass is 16.7. The zero-order chi connectivity index (χ0) is 25.3. The van der Waals surface area contributed by atoms with Crippen molar-refractivity contribution in [2.75, 3.05) is 0 Å². The minimum absolute atomic E-state index is 0.112. The summed E-state index contributed by atoms with van der Waals surface area (Å²) in [6.45, 7) is 15.4. The molecule has 0 aromatic heterocycles. The molecule has 0 aromatic rings. The fourth-order valence-corrected chi connectivity index (χ4v) is 4.03. The number of fused-ring (bicyclic) bond motifs is 1. The van der Waals surface area contributed by atoms with E-state index in [9.17, 15) is 24.9 Å². The molecule has 2 rings (SSSR count). The Balaban J connectivity index is 2.16. The Hall–Kier alpha value is -2.00. The number of ether oxygens (including phenoxy) is 3. The highest BCUT2D eigenvalue weighted by Gasteiger charge is 2.67. The molecule has 186 valence electrons. The van der Waals surface area contributed by atoms with Crippen LogP contribution < -0.4 is 0 Å². The van der Waals surface area contributed by atoms with Crippen LogP contribution >= 0.6 is 0 Å². The van der Waals surface area contributed by atoms with E-state index in [2.05, 4.69) is 6.58 Å². The van der Waals surface area contributed by atoms with Crippen LogP contribution in [0.5, 0.6) is 0 Å². The van der Waals surface area contributed by atoms with E-state index in [0.717, 1.165) is 0 Å². The third-order valence-corrected chi connectivity index (χ3v) is 6.86. The normalized spacial score (nSPS) is 31.8. The first kappa shape index (κ1) is 27.2. The highest BCUT2D eigenvalue weighted by molar-refractivity contribution is 5.88.